The second-order valence-corrected chi connectivity index (χ2v) is 3.84. The van der Waals surface area contributed by atoms with Crippen molar-refractivity contribution in [2.45, 2.75) is 0 Å². The third-order valence-corrected chi connectivity index (χ3v) is 2.77. The first kappa shape index (κ1) is 8.25. The molecule has 2 heterocycles. The van der Waals surface area contributed by atoms with Crippen LogP contribution in [0.4, 0.5) is 11.5 Å². The van der Waals surface area contributed by atoms with Crippen LogP contribution in [0.5, 0.6) is 0 Å². The van der Waals surface area contributed by atoms with Crippen molar-refractivity contribution in [1.29, 1.82) is 0 Å². The van der Waals surface area contributed by atoms with Crippen molar-refractivity contribution < 1.29 is 0 Å². The molecule has 0 atom stereocenters. The number of thiophene rings is 1. The number of hydrogen-bond donors (Lipinski definition) is 1. The Bertz CT molecular complexity index is 435. The summed E-state index contributed by atoms with van der Waals surface area (Å²) in [6.45, 7) is 0. The van der Waals surface area contributed by atoms with Gasteiger partial charge in [0.05, 0.1) is 10.4 Å². The monoisotopic (exact) mass is 194 g/mol. The lowest BCUT2D eigenvalue weighted by molar-refractivity contribution is 1.07. The van der Waals surface area contributed by atoms with Gasteiger partial charge in [0.25, 0.3) is 0 Å². The smallest absolute Gasteiger partial charge is 0.149 e. The minimum absolute atomic E-state index is 0.727. The molecule has 2 aromatic heterocycles. The zero-order valence-corrected chi connectivity index (χ0v) is 8.30. The Morgan fingerprint density at radius 1 is 1.38 bits per heavy atom. The molecule has 0 saturated heterocycles. The molecule has 0 amide bonds. The van der Waals surface area contributed by atoms with Gasteiger partial charge in [-0.25, -0.2) is 9.97 Å². The number of aromatic nitrogens is 2. The molecule has 0 aromatic carbocycles. The number of nitrogens with zero attached hydrogens (tertiary/aromatic N) is 3. The molecule has 0 saturated carbocycles. The van der Waals surface area contributed by atoms with E-state index in [1.807, 2.05) is 24.4 Å². The van der Waals surface area contributed by atoms with E-state index >= 15 is 0 Å². The summed E-state index contributed by atoms with van der Waals surface area (Å²) in [5, 5.41) is 1.90. The highest BCUT2D eigenvalue weighted by Crippen LogP contribution is 2.31. The summed E-state index contributed by atoms with van der Waals surface area (Å²) in [4.78, 5) is 10.3. The van der Waals surface area contributed by atoms with Crippen molar-refractivity contribution in [1.82, 2.24) is 9.97 Å². The lowest BCUT2D eigenvalue weighted by atomic mass is 10.4. The molecule has 0 fully saturated rings. The molecule has 0 spiro atoms. The van der Waals surface area contributed by atoms with Crippen molar-refractivity contribution in [3.05, 3.63) is 11.7 Å². The number of nitrogens with two attached hydrogens (primary N) is 1. The molecule has 0 aliphatic heterocycles. The van der Waals surface area contributed by atoms with E-state index in [-0.39, 0.29) is 0 Å². The fourth-order valence-electron chi connectivity index (χ4n) is 1.18. The van der Waals surface area contributed by atoms with Crippen LogP contribution in [0.25, 0.3) is 10.2 Å². The number of nitrogen functional groups attached to an aromatic ring is 1. The van der Waals surface area contributed by atoms with Crippen LogP contribution < -0.4 is 10.6 Å². The van der Waals surface area contributed by atoms with E-state index in [1.165, 1.54) is 0 Å². The maximum Gasteiger partial charge on any atom is 0.149 e. The summed E-state index contributed by atoms with van der Waals surface area (Å²) >= 11 is 1.58. The molecule has 0 aliphatic rings. The molecule has 2 rings (SSSR count). The predicted molar refractivity (Wildman–Crippen MR) is 56.2 cm³/mol. The van der Waals surface area contributed by atoms with Gasteiger partial charge in [-0.15, -0.1) is 11.3 Å². The summed E-state index contributed by atoms with van der Waals surface area (Å²) < 4.78 is 1.05. The van der Waals surface area contributed by atoms with Crippen LogP contribution in [-0.4, -0.2) is 24.1 Å². The molecular formula is C8H10N4S. The minimum atomic E-state index is 0.727. The van der Waals surface area contributed by atoms with E-state index in [9.17, 15) is 0 Å². The quantitative estimate of drug-likeness (QED) is 0.744. The Balaban J connectivity index is 2.77. The number of rotatable bonds is 1. The minimum Gasteiger partial charge on any atom is -0.396 e. The predicted octanol–water partition coefficient (Wildman–Crippen LogP) is 1.34. The molecule has 2 aromatic rings. The van der Waals surface area contributed by atoms with E-state index in [0.717, 1.165) is 21.7 Å². The fraction of sp³-hybridized carbons (Fsp3) is 0.250. The van der Waals surface area contributed by atoms with Gasteiger partial charge in [-0.1, -0.05) is 0 Å². The summed E-state index contributed by atoms with van der Waals surface area (Å²) in [5.74, 6) is 0.923. The third kappa shape index (κ3) is 1.21. The van der Waals surface area contributed by atoms with Crippen LogP contribution in [0.3, 0.4) is 0 Å². The highest BCUT2D eigenvalue weighted by Gasteiger charge is 2.09. The van der Waals surface area contributed by atoms with E-state index in [1.54, 1.807) is 17.7 Å². The first-order valence-electron chi connectivity index (χ1n) is 3.85. The second kappa shape index (κ2) is 2.85. The number of fused-ring (bicyclic) bond motifs is 1. The van der Waals surface area contributed by atoms with Crippen molar-refractivity contribution >= 4 is 33.1 Å². The van der Waals surface area contributed by atoms with Gasteiger partial charge >= 0.3 is 0 Å². The van der Waals surface area contributed by atoms with Gasteiger partial charge in [-0.05, 0) is 0 Å². The van der Waals surface area contributed by atoms with E-state index in [2.05, 4.69) is 9.97 Å². The highest BCUT2D eigenvalue weighted by molar-refractivity contribution is 7.18. The molecule has 0 radical (unpaired) electrons. The Morgan fingerprint density at radius 2 is 2.15 bits per heavy atom. The Hall–Kier alpha value is -1.36. The van der Waals surface area contributed by atoms with E-state index in [0.29, 0.717) is 0 Å². The van der Waals surface area contributed by atoms with Gasteiger partial charge in [-0.3, -0.25) is 0 Å². The van der Waals surface area contributed by atoms with Crippen molar-refractivity contribution in [2.24, 2.45) is 0 Å². The molecule has 0 bridgehead atoms. The SMILES string of the molecule is CN(C)c1ncnc2c(N)csc12. The lowest BCUT2D eigenvalue weighted by Gasteiger charge is -2.10. The van der Waals surface area contributed by atoms with Crippen molar-refractivity contribution in [2.75, 3.05) is 24.7 Å². The van der Waals surface area contributed by atoms with Gasteiger partial charge < -0.3 is 10.6 Å². The average Bonchev–Trinajstić information content (AvgIpc) is 2.48. The standard InChI is InChI=1S/C8H10N4S/c1-12(2)8-7-6(10-4-11-8)5(9)3-13-7/h3-4H,9H2,1-2H3. The number of anilines is 2. The van der Waals surface area contributed by atoms with Crippen LogP contribution in [0, 0.1) is 0 Å². The van der Waals surface area contributed by atoms with E-state index in [4.69, 9.17) is 5.73 Å². The van der Waals surface area contributed by atoms with Crippen LogP contribution >= 0.6 is 11.3 Å². The first-order valence-corrected chi connectivity index (χ1v) is 4.73. The molecule has 4 nitrogen and oxygen atoms in total. The van der Waals surface area contributed by atoms with Crippen molar-refractivity contribution in [3.63, 3.8) is 0 Å². The van der Waals surface area contributed by atoms with Gasteiger partial charge in [0.15, 0.2) is 0 Å². The molecule has 0 aliphatic carbocycles. The average molecular weight is 194 g/mol. The number of hydrogen-bond acceptors (Lipinski definition) is 5. The molecule has 0 unspecified atom stereocenters. The van der Waals surface area contributed by atoms with Crippen LogP contribution in [-0.2, 0) is 0 Å². The Kier molecular flexibility index (Phi) is 1.81. The van der Waals surface area contributed by atoms with Gasteiger partial charge in [-0.2, -0.15) is 0 Å². The zero-order valence-electron chi connectivity index (χ0n) is 7.48. The van der Waals surface area contributed by atoms with Crippen LogP contribution in [0.2, 0.25) is 0 Å². The Labute approximate surface area is 80.0 Å². The van der Waals surface area contributed by atoms with Crippen LogP contribution in [0.15, 0.2) is 11.7 Å². The summed E-state index contributed by atoms with van der Waals surface area (Å²) in [7, 11) is 3.91. The van der Waals surface area contributed by atoms with Crippen molar-refractivity contribution in [3.8, 4) is 0 Å². The second-order valence-electron chi connectivity index (χ2n) is 2.96. The summed E-state index contributed by atoms with van der Waals surface area (Å²) in [6, 6.07) is 0. The summed E-state index contributed by atoms with van der Waals surface area (Å²) in [6.07, 6.45) is 1.54. The Morgan fingerprint density at radius 3 is 2.85 bits per heavy atom. The molecule has 5 heteroatoms. The van der Waals surface area contributed by atoms with E-state index < -0.39 is 0 Å². The highest BCUT2D eigenvalue weighted by atomic mass is 32.1. The molecule has 2 N–H and O–H groups in total. The van der Waals surface area contributed by atoms with Gasteiger partial charge in [0, 0.05) is 19.5 Å². The normalized spacial score (nSPS) is 10.6. The summed E-state index contributed by atoms with van der Waals surface area (Å²) in [5.41, 5.74) is 7.32. The lowest BCUT2D eigenvalue weighted by Crippen LogP contribution is -2.10. The fourth-order valence-corrected chi connectivity index (χ4v) is 2.15. The third-order valence-electron chi connectivity index (χ3n) is 1.79. The molecular weight excluding hydrogens is 184 g/mol. The maximum absolute atomic E-state index is 5.75. The first-order chi connectivity index (χ1) is 6.20. The van der Waals surface area contributed by atoms with Gasteiger partial charge in [0.1, 0.15) is 17.7 Å². The molecule has 68 valence electrons. The van der Waals surface area contributed by atoms with Crippen LogP contribution in [0.1, 0.15) is 0 Å². The topological polar surface area (TPSA) is 55.0 Å². The molecule has 13 heavy (non-hydrogen) atoms. The van der Waals surface area contributed by atoms with Gasteiger partial charge in [0.2, 0.25) is 0 Å². The maximum atomic E-state index is 5.75. The largest absolute Gasteiger partial charge is 0.396 e. The zero-order chi connectivity index (χ0) is 9.42.